The molecule has 100 valence electrons. The molecule has 0 atom stereocenters. The van der Waals surface area contributed by atoms with Crippen molar-refractivity contribution in [2.75, 3.05) is 13.1 Å². The largest absolute Gasteiger partial charge is 0.336 e. The number of carbonyl (C=O) groups excluding carboxylic acids is 1. The number of aromatic nitrogens is 2. The smallest absolute Gasteiger partial charge is 0.257 e. The van der Waals surface area contributed by atoms with Gasteiger partial charge in [0.25, 0.3) is 5.91 Å². The zero-order valence-electron chi connectivity index (χ0n) is 11.2. The molecule has 0 radical (unpaired) electrons. The molecule has 0 bridgehead atoms. The van der Waals surface area contributed by atoms with Crippen molar-refractivity contribution < 1.29 is 4.79 Å². The fraction of sp³-hybridized carbons (Fsp3) is 0.692. The Morgan fingerprint density at radius 3 is 2.89 bits per heavy atom. The van der Waals surface area contributed by atoms with E-state index in [0.29, 0.717) is 12.6 Å². The monoisotopic (exact) mass is 250 g/mol. The van der Waals surface area contributed by atoms with Gasteiger partial charge in [-0.2, -0.15) is 5.10 Å². The molecule has 2 rings (SSSR count). The molecule has 1 fully saturated rings. The van der Waals surface area contributed by atoms with Gasteiger partial charge in [0.15, 0.2) is 0 Å². The van der Waals surface area contributed by atoms with Gasteiger partial charge in [-0.3, -0.25) is 9.48 Å². The van der Waals surface area contributed by atoms with Crippen molar-refractivity contribution in [1.29, 1.82) is 0 Å². The summed E-state index contributed by atoms with van der Waals surface area (Å²) in [6, 6.07) is 0.425. The van der Waals surface area contributed by atoms with E-state index < -0.39 is 0 Å². The predicted octanol–water partition coefficient (Wildman–Crippen LogP) is 0.936. The minimum Gasteiger partial charge on any atom is -0.336 e. The second-order valence-electron chi connectivity index (χ2n) is 4.89. The molecule has 0 aliphatic heterocycles. The van der Waals surface area contributed by atoms with E-state index in [0.717, 1.165) is 43.5 Å². The summed E-state index contributed by atoms with van der Waals surface area (Å²) in [5, 5.41) is 4.34. The Labute approximate surface area is 108 Å². The SMILES string of the molecule is CCc1nn(C)cc1C(=O)N(CCCN)C1CC1. The summed E-state index contributed by atoms with van der Waals surface area (Å²) >= 11 is 0. The lowest BCUT2D eigenvalue weighted by Crippen LogP contribution is -2.35. The predicted molar refractivity (Wildman–Crippen MR) is 70.3 cm³/mol. The van der Waals surface area contributed by atoms with Crippen LogP contribution >= 0.6 is 0 Å². The lowest BCUT2D eigenvalue weighted by Gasteiger charge is -2.22. The topological polar surface area (TPSA) is 64.2 Å². The van der Waals surface area contributed by atoms with E-state index in [1.165, 1.54) is 0 Å². The van der Waals surface area contributed by atoms with Crippen LogP contribution in [0.4, 0.5) is 0 Å². The Bertz CT molecular complexity index is 423. The molecule has 1 saturated carbocycles. The van der Waals surface area contributed by atoms with Crippen LogP contribution in [-0.4, -0.2) is 39.7 Å². The maximum absolute atomic E-state index is 12.6. The normalized spacial score (nSPS) is 14.8. The van der Waals surface area contributed by atoms with Gasteiger partial charge in [0.05, 0.1) is 11.3 Å². The van der Waals surface area contributed by atoms with Crippen LogP contribution in [0, 0.1) is 0 Å². The summed E-state index contributed by atoms with van der Waals surface area (Å²) in [7, 11) is 1.86. The van der Waals surface area contributed by atoms with Crippen molar-refractivity contribution in [3.8, 4) is 0 Å². The molecule has 1 aliphatic carbocycles. The van der Waals surface area contributed by atoms with Gasteiger partial charge in [0.2, 0.25) is 0 Å². The molecule has 5 nitrogen and oxygen atoms in total. The molecule has 5 heteroatoms. The molecule has 0 spiro atoms. The summed E-state index contributed by atoms with van der Waals surface area (Å²) in [5.41, 5.74) is 7.19. The van der Waals surface area contributed by atoms with Crippen LogP contribution in [0.1, 0.15) is 42.2 Å². The van der Waals surface area contributed by atoms with E-state index in [9.17, 15) is 4.79 Å². The summed E-state index contributed by atoms with van der Waals surface area (Å²) in [4.78, 5) is 14.5. The molecule has 1 aliphatic rings. The van der Waals surface area contributed by atoms with Crippen LogP contribution < -0.4 is 5.73 Å². The Morgan fingerprint density at radius 1 is 1.61 bits per heavy atom. The Kier molecular flexibility index (Phi) is 4.01. The van der Waals surface area contributed by atoms with E-state index in [1.54, 1.807) is 4.68 Å². The van der Waals surface area contributed by atoms with Crippen molar-refractivity contribution >= 4 is 5.91 Å². The molecule has 0 unspecified atom stereocenters. The second-order valence-corrected chi connectivity index (χ2v) is 4.89. The maximum atomic E-state index is 12.6. The Morgan fingerprint density at radius 2 is 2.33 bits per heavy atom. The third-order valence-corrected chi connectivity index (χ3v) is 3.32. The number of hydrogen-bond donors (Lipinski definition) is 1. The van der Waals surface area contributed by atoms with Gasteiger partial charge in [-0.05, 0) is 32.2 Å². The lowest BCUT2D eigenvalue weighted by atomic mass is 10.1. The first-order chi connectivity index (χ1) is 8.67. The fourth-order valence-corrected chi connectivity index (χ4v) is 2.23. The molecule has 0 aromatic carbocycles. The van der Waals surface area contributed by atoms with Crippen LogP contribution in [0.25, 0.3) is 0 Å². The molecular formula is C13H22N4O. The summed E-state index contributed by atoms with van der Waals surface area (Å²) in [6.07, 6.45) is 5.73. The quantitative estimate of drug-likeness (QED) is 0.817. The third-order valence-electron chi connectivity index (χ3n) is 3.32. The zero-order valence-corrected chi connectivity index (χ0v) is 11.2. The minimum atomic E-state index is 0.121. The van der Waals surface area contributed by atoms with Crippen LogP contribution in [-0.2, 0) is 13.5 Å². The van der Waals surface area contributed by atoms with Gasteiger partial charge in [-0.15, -0.1) is 0 Å². The van der Waals surface area contributed by atoms with Gasteiger partial charge >= 0.3 is 0 Å². The van der Waals surface area contributed by atoms with Crippen molar-refractivity contribution in [1.82, 2.24) is 14.7 Å². The van der Waals surface area contributed by atoms with Gasteiger partial charge in [-0.25, -0.2) is 0 Å². The highest BCUT2D eigenvalue weighted by Gasteiger charge is 2.33. The van der Waals surface area contributed by atoms with Crippen LogP contribution in [0.15, 0.2) is 6.20 Å². The average molecular weight is 250 g/mol. The maximum Gasteiger partial charge on any atom is 0.257 e. The molecular weight excluding hydrogens is 228 g/mol. The second kappa shape index (κ2) is 5.52. The first-order valence-electron chi connectivity index (χ1n) is 6.71. The molecule has 1 heterocycles. The van der Waals surface area contributed by atoms with Crippen LogP contribution in [0.2, 0.25) is 0 Å². The first kappa shape index (κ1) is 13.1. The number of aryl methyl sites for hydroxylation is 2. The minimum absolute atomic E-state index is 0.121. The molecule has 0 saturated heterocycles. The van der Waals surface area contributed by atoms with E-state index in [2.05, 4.69) is 5.10 Å². The molecule has 1 aromatic heterocycles. The Hall–Kier alpha value is -1.36. The van der Waals surface area contributed by atoms with E-state index >= 15 is 0 Å². The molecule has 1 aromatic rings. The third kappa shape index (κ3) is 2.72. The van der Waals surface area contributed by atoms with Crippen LogP contribution in [0.5, 0.6) is 0 Å². The number of hydrogen-bond acceptors (Lipinski definition) is 3. The van der Waals surface area contributed by atoms with E-state index in [4.69, 9.17) is 5.73 Å². The number of nitrogens with two attached hydrogens (primary N) is 1. The first-order valence-corrected chi connectivity index (χ1v) is 6.71. The Balaban J connectivity index is 2.16. The average Bonchev–Trinajstić information content (AvgIpc) is 3.12. The van der Waals surface area contributed by atoms with Gasteiger partial charge < -0.3 is 10.6 Å². The van der Waals surface area contributed by atoms with Gasteiger partial charge in [0.1, 0.15) is 0 Å². The van der Waals surface area contributed by atoms with Crippen molar-refractivity contribution in [2.24, 2.45) is 12.8 Å². The summed E-state index contributed by atoms with van der Waals surface area (Å²) < 4.78 is 1.72. The number of rotatable bonds is 6. The lowest BCUT2D eigenvalue weighted by molar-refractivity contribution is 0.0741. The highest BCUT2D eigenvalue weighted by molar-refractivity contribution is 5.95. The summed E-state index contributed by atoms with van der Waals surface area (Å²) in [6.45, 7) is 3.42. The van der Waals surface area contributed by atoms with Crippen molar-refractivity contribution in [3.63, 3.8) is 0 Å². The standard InChI is InChI=1S/C13H22N4O/c1-3-12-11(9-16(2)15-12)13(18)17(8-4-7-14)10-5-6-10/h9-10H,3-8,14H2,1-2H3. The van der Waals surface area contributed by atoms with E-state index in [-0.39, 0.29) is 5.91 Å². The van der Waals surface area contributed by atoms with Gasteiger partial charge in [0, 0.05) is 25.8 Å². The highest BCUT2D eigenvalue weighted by Crippen LogP contribution is 2.28. The van der Waals surface area contributed by atoms with Crippen molar-refractivity contribution in [3.05, 3.63) is 17.5 Å². The van der Waals surface area contributed by atoms with Crippen LogP contribution in [0.3, 0.4) is 0 Å². The number of amides is 1. The van der Waals surface area contributed by atoms with Gasteiger partial charge in [-0.1, -0.05) is 6.92 Å². The number of nitrogens with zero attached hydrogens (tertiary/aromatic N) is 3. The molecule has 2 N–H and O–H groups in total. The zero-order chi connectivity index (χ0) is 13.1. The highest BCUT2D eigenvalue weighted by atomic mass is 16.2. The fourth-order valence-electron chi connectivity index (χ4n) is 2.23. The summed E-state index contributed by atoms with van der Waals surface area (Å²) in [5.74, 6) is 0.121. The molecule has 1 amide bonds. The molecule has 18 heavy (non-hydrogen) atoms. The van der Waals surface area contributed by atoms with E-state index in [1.807, 2.05) is 25.1 Å². The number of carbonyl (C=O) groups is 1. The van der Waals surface area contributed by atoms with Crippen molar-refractivity contribution in [2.45, 2.75) is 38.6 Å².